The Morgan fingerprint density at radius 3 is 2.50 bits per heavy atom. The Morgan fingerprint density at radius 2 is 1.94 bits per heavy atom. The summed E-state index contributed by atoms with van der Waals surface area (Å²) < 4.78 is 2.02. The third-order valence-electron chi connectivity index (χ3n) is 1.78. The monoisotopic (exact) mass is 395 g/mol. The number of nitrogens with two attached hydrogens (primary N) is 3. The van der Waals surface area contributed by atoms with Crippen LogP contribution in [-0.4, -0.2) is 11.9 Å². The molecule has 1 aromatic carbocycles. The molecule has 0 aromatic heterocycles. The van der Waals surface area contributed by atoms with Gasteiger partial charge >= 0.3 is 0 Å². The molecule has 0 fully saturated rings. The molecular formula is C9H11BrIN5. The van der Waals surface area contributed by atoms with Gasteiger partial charge < -0.3 is 17.2 Å². The molecule has 0 radical (unpaired) electrons. The van der Waals surface area contributed by atoms with Gasteiger partial charge in [0.25, 0.3) is 0 Å². The molecule has 7 heteroatoms. The van der Waals surface area contributed by atoms with Crippen LogP contribution in [0, 0.1) is 10.5 Å². The lowest BCUT2D eigenvalue weighted by Gasteiger charge is -2.05. The average Bonchev–Trinajstić information content (AvgIpc) is 2.18. The molecule has 0 aliphatic carbocycles. The maximum atomic E-state index is 5.55. The van der Waals surface area contributed by atoms with Crippen LogP contribution in [0.4, 0.5) is 5.69 Å². The summed E-state index contributed by atoms with van der Waals surface area (Å²) in [6.45, 7) is 1.99. The highest BCUT2D eigenvalue weighted by Crippen LogP contribution is 2.29. The smallest absolute Gasteiger partial charge is 0.223 e. The molecule has 86 valence electrons. The van der Waals surface area contributed by atoms with Crippen molar-refractivity contribution in [1.29, 1.82) is 0 Å². The Bertz CT molecular complexity index is 465. The van der Waals surface area contributed by atoms with Crippen LogP contribution in [0.25, 0.3) is 0 Å². The van der Waals surface area contributed by atoms with Gasteiger partial charge in [-0.25, -0.2) is 4.99 Å². The largest absolute Gasteiger partial charge is 0.370 e. The molecule has 0 spiro atoms. The molecular weight excluding hydrogens is 385 g/mol. The Kier molecular flexibility index (Phi) is 4.54. The summed E-state index contributed by atoms with van der Waals surface area (Å²) >= 11 is 5.63. The summed E-state index contributed by atoms with van der Waals surface area (Å²) in [5.74, 6) is -0.0651. The normalized spacial score (nSPS) is 11.3. The highest BCUT2D eigenvalue weighted by molar-refractivity contribution is 14.1. The first-order valence-electron chi connectivity index (χ1n) is 4.30. The summed E-state index contributed by atoms with van der Waals surface area (Å²) in [6.07, 6.45) is 0. The van der Waals surface area contributed by atoms with Gasteiger partial charge in [0.1, 0.15) is 0 Å². The van der Waals surface area contributed by atoms with Gasteiger partial charge in [0.05, 0.1) is 5.69 Å². The quantitative estimate of drug-likeness (QED) is 0.382. The number of aliphatic imine (C=N–C) groups is 2. The predicted molar refractivity (Wildman–Crippen MR) is 78.7 cm³/mol. The van der Waals surface area contributed by atoms with Crippen molar-refractivity contribution in [3.05, 3.63) is 25.7 Å². The first-order chi connectivity index (χ1) is 7.41. The topological polar surface area (TPSA) is 103 Å². The van der Waals surface area contributed by atoms with E-state index in [-0.39, 0.29) is 11.9 Å². The lowest BCUT2D eigenvalue weighted by molar-refractivity contribution is 1.33. The number of benzene rings is 1. The average molecular weight is 396 g/mol. The van der Waals surface area contributed by atoms with Gasteiger partial charge in [-0.2, -0.15) is 4.99 Å². The van der Waals surface area contributed by atoms with Gasteiger partial charge in [0.15, 0.2) is 5.96 Å². The standard InChI is InChI=1S/C9H11BrIN5/c1-4-5(10)2-3-6(7(4)11)15-9(14)16-8(12)13/h2-3H,1H3,(H6,12,13,14,15,16). The highest BCUT2D eigenvalue weighted by atomic mass is 127. The van der Waals surface area contributed by atoms with Crippen molar-refractivity contribution in [2.75, 3.05) is 0 Å². The van der Waals surface area contributed by atoms with Gasteiger partial charge in [0.2, 0.25) is 5.96 Å². The van der Waals surface area contributed by atoms with Gasteiger partial charge in [-0.05, 0) is 47.2 Å². The zero-order valence-corrected chi connectivity index (χ0v) is 12.3. The maximum Gasteiger partial charge on any atom is 0.223 e. The van der Waals surface area contributed by atoms with Crippen molar-refractivity contribution in [2.45, 2.75) is 6.92 Å². The van der Waals surface area contributed by atoms with Crippen LogP contribution >= 0.6 is 38.5 Å². The number of halogens is 2. The first-order valence-corrected chi connectivity index (χ1v) is 6.17. The van der Waals surface area contributed by atoms with Gasteiger partial charge in [-0.15, -0.1) is 0 Å². The van der Waals surface area contributed by atoms with Gasteiger partial charge in [0, 0.05) is 8.04 Å². The van der Waals surface area contributed by atoms with E-state index in [9.17, 15) is 0 Å². The van der Waals surface area contributed by atoms with Crippen LogP contribution in [0.2, 0.25) is 0 Å². The molecule has 0 saturated carbocycles. The second-order valence-corrected chi connectivity index (χ2v) is 4.95. The Labute approximate surface area is 115 Å². The molecule has 0 amide bonds. The van der Waals surface area contributed by atoms with E-state index in [0.717, 1.165) is 19.3 Å². The van der Waals surface area contributed by atoms with Crippen molar-refractivity contribution in [3.8, 4) is 0 Å². The molecule has 5 nitrogen and oxygen atoms in total. The summed E-state index contributed by atoms with van der Waals surface area (Å²) in [4.78, 5) is 7.77. The number of guanidine groups is 2. The molecule has 1 rings (SSSR count). The molecule has 1 aromatic rings. The fourth-order valence-electron chi connectivity index (χ4n) is 1.01. The minimum atomic E-state index is -0.106. The molecule has 0 bridgehead atoms. The number of hydrogen-bond donors (Lipinski definition) is 3. The van der Waals surface area contributed by atoms with Crippen LogP contribution in [0.15, 0.2) is 26.6 Å². The first kappa shape index (κ1) is 13.2. The van der Waals surface area contributed by atoms with E-state index in [1.807, 2.05) is 19.1 Å². The lowest BCUT2D eigenvalue weighted by atomic mass is 10.2. The molecule has 6 N–H and O–H groups in total. The molecule has 0 atom stereocenters. The highest BCUT2D eigenvalue weighted by Gasteiger charge is 2.05. The summed E-state index contributed by atoms with van der Waals surface area (Å²) in [6, 6.07) is 3.74. The third-order valence-corrected chi connectivity index (χ3v) is 4.00. The van der Waals surface area contributed by atoms with Crippen molar-refractivity contribution in [1.82, 2.24) is 0 Å². The van der Waals surface area contributed by atoms with Crippen molar-refractivity contribution < 1.29 is 0 Å². The molecule has 0 saturated heterocycles. The van der Waals surface area contributed by atoms with E-state index < -0.39 is 0 Å². The zero-order valence-electron chi connectivity index (χ0n) is 8.54. The number of rotatable bonds is 1. The maximum absolute atomic E-state index is 5.55. The fraction of sp³-hybridized carbons (Fsp3) is 0.111. The van der Waals surface area contributed by atoms with Gasteiger partial charge in [-0.1, -0.05) is 15.9 Å². The summed E-state index contributed by atoms with van der Waals surface area (Å²) in [5.41, 5.74) is 17.8. The fourth-order valence-corrected chi connectivity index (χ4v) is 2.31. The summed E-state index contributed by atoms with van der Waals surface area (Å²) in [7, 11) is 0. The van der Waals surface area contributed by atoms with Crippen molar-refractivity contribution >= 4 is 56.1 Å². The van der Waals surface area contributed by atoms with E-state index in [4.69, 9.17) is 17.2 Å². The zero-order chi connectivity index (χ0) is 12.3. The van der Waals surface area contributed by atoms with Crippen LogP contribution in [0.3, 0.4) is 0 Å². The van der Waals surface area contributed by atoms with E-state index in [1.165, 1.54) is 0 Å². The number of nitrogens with zero attached hydrogens (tertiary/aromatic N) is 2. The SMILES string of the molecule is Cc1c(Br)ccc(N=C(N)N=C(N)N)c1I. The Hall–Kier alpha value is -0.830. The molecule has 0 heterocycles. The Balaban J connectivity index is 3.17. The lowest BCUT2D eigenvalue weighted by Crippen LogP contribution is -2.26. The molecule has 0 unspecified atom stereocenters. The van der Waals surface area contributed by atoms with Crippen LogP contribution in [-0.2, 0) is 0 Å². The molecule has 0 aliphatic rings. The van der Waals surface area contributed by atoms with E-state index in [2.05, 4.69) is 48.5 Å². The van der Waals surface area contributed by atoms with Crippen LogP contribution < -0.4 is 17.2 Å². The molecule has 0 aliphatic heterocycles. The van der Waals surface area contributed by atoms with Crippen molar-refractivity contribution in [2.24, 2.45) is 27.2 Å². The minimum absolute atomic E-state index is 0.0413. The summed E-state index contributed by atoms with van der Waals surface area (Å²) in [5, 5.41) is 0. The van der Waals surface area contributed by atoms with E-state index in [1.54, 1.807) is 0 Å². The van der Waals surface area contributed by atoms with Crippen LogP contribution in [0.1, 0.15) is 5.56 Å². The van der Waals surface area contributed by atoms with Gasteiger partial charge in [-0.3, -0.25) is 0 Å². The molecule has 16 heavy (non-hydrogen) atoms. The Morgan fingerprint density at radius 1 is 1.31 bits per heavy atom. The van der Waals surface area contributed by atoms with E-state index in [0.29, 0.717) is 0 Å². The second-order valence-electron chi connectivity index (χ2n) is 3.01. The third kappa shape index (κ3) is 3.34. The van der Waals surface area contributed by atoms with E-state index >= 15 is 0 Å². The van der Waals surface area contributed by atoms with Crippen LogP contribution in [0.5, 0.6) is 0 Å². The predicted octanol–water partition coefficient (Wildman–Crippen LogP) is 1.58. The van der Waals surface area contributed by atoms with Crippen molar-refractivity contribution in [3.63, 3.8) is 0 Å². The number of hydrogen-bond acceptors (Lipinski definition) is 1. The minimum Gasteiger partial charge on any atom is -0.370 e. The second kappa shape index (κ2) is 5.48.